The molecular formula is C11H14N2S2. The summed E-state index contributed by atoms with van der Waals surface area (Å²) in [7, 11) is 0. The molecule has 80 valence electrons. The van der Waals surface area contributed by atoms with E-state index in [4.69, 9.17) is 5.73 Å². The Morgan fingerprint density at radius 1 is 1.40 bits per heavy atom. The lowest BCUT2D eigenvalue weighted by Gasteiger charge is -2.06. The number of hydrogen-bond donors (Lipinski definition) is 1. The molecule has 0 aliphatic carbocycles. The summed E-state index contributed by atoms with van der Waals surface area (Å²) in [6.45, 7) is 2.18. The van der Waals surface area contributed by atoms with E-state index in [9.17, 15) is 0 Å². The molecule has 0 aromatic carbocycles. The van der Waals surface area contributed by atoms with Gasteiger partial charge in [-0.05, 0) is 18.6 Å². The van der Waals surface area contributed by atoms with Crippen LogP contribution >= 0.6 is 22.7 Å². The first-order chi connectivity index (χ1) is 7.29. The molecule has 0 aliphatic rings. The molecule has 0 saturated heterocycles. The summed E-state index contributed by atoms with van der Waals surface area (Å²) >= 11 is 3.45. The first-order valence-corrected chi connectivity index (χ1v) is 6.76. The zero-order valence-corrected chi connectivity index (χ0v) is 10.3. The topological polar surface area (TPSA) is 38.9 Å². The summed E-state index contributed by atoms with van der Waals surface area (Å²) in [5, 5.41) is 2.03. The first kappa shape index (κ1) is 10.8. The van der Waals surface area contributed by atoms with Crippen molar-refractivity contribution in [3.05, 3.63) is 38.5 Å². The van der Waals surface area contributed by atoms with E-state index in [-0.39, 0.29) is 6.04 Å². The number of rotatable bonds is 4. The SMILES string of the molecule is CCc1ccc(CC(N)c2cscn2)s1. The Morgan fingerprint density at radius 3 is 2.80 bits per heavy atom. The minimum Gasteiger partial charge on any atom is -0.322 e. The van der Waals surface area contributed by atoms with Crippen LogP contribution in [0.3, 0.4) is 0 Å². The normalized spacial score (nSPS) is 12.9. The minimum absolute atomic E-state index is 0.0413. The summed E-state index contributed by atoms with van der Waals surface area (Å²) in [4.78, 5) is 7.02. The number of nitrogens with zero attached hydrogens (tertiary/aromatic N) is 1. The molecule has 15 heavy (non-hydrogen) atoms. The van der Waals surface area contributed by atoms with E-state index in [1.54, 1.807) is 11.3 Å². The van der Waals surface area contributed by atoms with Crippen molar-refractivity contribution in [3.8, 4) is 0 Å². The molecule has 4 heteroatoms. The molecular weight excluding hydrogens is 224 g/mol. The third kappa shape index (κ3) is 2.65. The quantitative estimate of drug-likeness (QED) is 0.889. The predicted octanol–water partition coefficient (Wildman–Crippen LogP) is 3.01. The number of aryl methyl sites for hydroxylation is 1. The summed E-state index contributed by atoms with van der Waals surface area (Å²) in [6.07, 6.45) is 2.00. The summed E-state index contributed by atoms with van der Waals surface area (Å²) in [5.41, 5.74) is 8.91. The van der Waals surface area contributed by atoms with Gasteiger partial charge in [0.05, 0.1) is 17.2 Å². The van der Waals surface area contributed by atoms with E-state index in [1.807, 2.05) is 22.2 Å². The zero-order valence-electron chi connectivity index (χ0n) is 8.64. The summed E-state index contributed by atoms with van der Waals surface area (Å²) < 4.78 is 0. The summed E-state index contributed by atoms with van der Waals surface area (Å²) in [6, 6.07) is 4.41. The Bertz CT molecular complexity index is 406. The van der Waals surface area contributed by atoms with Crippen LogP contribution in [0.25, 0.3) is 0 Å². The van der Waals surface area contributed by atoms with Crippen LogP contribution in [-0.4, -0.2) is 4.98 Å². The molecule has 2 heterocycles. The van der Waals surface area contributed by atoms with Crippen LogP contribution in [0, 0.1) is 0 Å². The Balaban J connectivity index is 2.02. The first-order valence-electron chi connectivity index (χ1n) is 5.01. The highest BCUT2D eigenvalue weighted by atomic mass is 32.1. The van der Waals surface area contributed by atoms with E-state index in [0.717, 1.165) is 18.5 Å². The standard InChI is InChI=1S/C11H14N2S2/c1-2-8-3-4-9(15-8)5-10(12)11-6-14-7-13-11/h3-4,6-7,10H,2,5,12H2,1H3. The Morgan fingerprint density at radius 2 is 2.20 bits per heavy atom. The number of nitrogens with two attached hydrogens (primary N) is 1. The lowest BCUT2D eigenvalue weighted by Crippen LogP contribution is -2.12. The van der Waals surface area contributed by atoms with Crippen molar-refractivity contribution < 1.29 is 0 Å². The van der Waals surface area contributed by atoms with Crippen molar-refractivity contribution in [2.45, 2.75) is 25.8 Å². The van der Waals surface area contributed by atoms with Gasteiger partial charge in [-0.1, -0.05) is 6.92 Å². The van der Waals surface area contributed by atoms with Crippen molar-refractivity contribution in [2.24, 2.45) is 5.73 Å². The molecule has 0 aliphatic heterocycles. The average molecular weight is 238 g/mol. The van der Waals surface area contributed by atoms with E-state index in [1.165, 1.54) is 9.75 Å². The second kappa shape index (κ2) is 4.88. The molecule has 2 aromatic rings. The van der Waals surface area contributed by atoms with Gasteiger partial charge in [-0.15, -0.1) is 22.7 Å². The highest BCUT2D eigenvalue weighted by Gasteiger charge is 2.10. The van der Waals surface area contributed by atoms with Crippen molar-refractivity contribution in [1.29, 1.82) is 0 Å². The van der Waals surface area contributed by atoms with Gasteiger partial charge < -0.3 is 5.73 Å². The van der Waals surface area contributed by atoms with Gasteiger partial charge in [0.25, 0.3) is 0 Å². The molecule has 2 nitrogen and oxygen atoms in total. The molecule has 1 atom stereocenters. The Labute approximate surface area is 97.8 Å². The van der Waals surface area contributed by atoms with Crippen molar-refractivity contribution >= 4 is 22.7 Å². The molecule has 0 saturated carbocycles. The predicted molar refractivity (Wildman–Crippen MR) is 66.4 cm³/mol. The largest absolute Gasteiger partial charge is 0.322 e. The van der Waals surface area contributed by atoms with Gasteiger partial charge in [0.2, 0.25) is 0 Å². The van der Waals surface area contributed by atoms with Crippen molar-refractivity contribution in [1.82, 2.24) is 4.98 Å². The number of thiazole rings is 1. The van der Waals surface area contributed by atoms with Gasteiger partial charge >= 0.3 is 0 Å². The van der Waals surface area contributed by atoms with Crippen LogP contribution in [0.5, 0.6) is 0 Å². The number of aromatic nitrogens is 1. The van der Waals surface area contributed by atoms with Gasteiger partial charge in [-0.25, -0.2) is 4.98 Å². The average Bonchev–Trinajstić information content (AvgIpc) is 2.87. The lowest BCUT2D eigenvalue weighted by atomic mass is 10.1. The lowest BCUT2D eigenvalue weighted by molar-refractivity contribution is 0.709. The van der Waals surface area contributed by atoms with Crippen LogP contribution in [0.4, 0.5) is 0 Å². The van der Waals surface area contributed by atoms with E-state index in [2.05, 4.69) is 24.0 Å². The molecule has 2 N–H and O–H groups in total. The zero-order chi connectivity index (χ0) is 10.7. The highest BCUT2D eigenvalue weighted by molar-refractivity contribution is 7.12. The van der Waals surface area contributed by atoms with Crippen LogP contribution in [0.15, 0.2) is 23.0 Å². The maximum absolute atomic E-state index is 6.07. The summed E-state index contributed by atoms with van der Waals surface area (Å²) in [5.74, 6) is 0. The third-order valence-corrected chi connectivity index (χ3v) is 4.17. The van der Waals surface area contributed by atoms with Crippen molar-refractivity contribution in [3.63, 3.8) is 0 Å². The second-order valence-corrected chi connectivity index (χ2v) is 5.42. The van der Waals surface area contributed by atoms with Gasteiger partial charge in [0.1, 0.15) is 0 Å². The Hall–Kier alpha value is -0.710. The second-order valence-electron chi connectivity index (χ2n) is 3.45. The van der Waals surface area contributed by atoms with E-state index in [0.29, 0.717) is 0 Å². The van der Waals surface area contributed by atoms with Gasteiger partial charge in [0, 0.05) is 21.6 Å². The highest BCUT2D eigenvalue weighted by Crippen LogP contribution is 2.22. The van der Waals surface area contributed by atoms with Crippen LogP contribution in [0.2, 0.25) is 0 Å². The van der Waals surface area contributed by atoms with Gasteiger partial charge in [0.15, 0.2) is 0 Å². The monoisotopic (exact) mass is 238 g/mol. The van der Waals surface area contributed by atoms with Crippen LogP contribution in [0.1, 0.15) is 28.4 Å². The molecule has 1 unspecified atom stereocenters. The minimum atomic E-state index is 0.0413. The molecule has 2 aromatic heterocycles. The van der Waals surface area contributed by atoms with Gasteiger partial charge in [-0.3, -0.25) is 0 Å². The maximum atomic E-state index is 6.07. The molecule has 0 bridgehead atoms. The molecule has 0 fully saturated rings. The van der Waals surface area contributed by atoms with Gasteiger partial charge in [-0.2, -0.15) is 0 Å². The number of thiophene rings is 1. The third-order valence-electron chi connectivity index (χ3n) is 2.32. The Kier molecular flexibility index (Phi) is 3.51. The van der Waals surface area contributed by atoms with Crippen LogP contribution in [-0.2, 0) is 12.8 Å². The maximum Gasteiger partial charge on any atom is 0.0795 e. The van der Waals surface area contributed by atoms with Crippen LogP contribution < -0.4 is 5.73 Å². The molecule has 0 amide bonds. The molecule has 2 rings (SSSR count). The molecule has 0 spiro atoms. The van der Waals surface area contributed by atoms with Crippen molar-refractivity contribution in [2.75, 3.05) is 0 Å². The van der Waals surface area contributed by atoms with E-state index < -0.39 is 0 Å². The molecule has 0 radical (unpaired) electrons. The fourth-order valence-corrected chi connectivity index (χ4v) is 3.08. The number of hydrogen-bond acceptors (Lipinski definition) is 4. The smallest absolute Gasteiger partial charge is 0.0795 e. The fourth-order valence-electron chi connectivity index (χ4n) is 1.45. The fraction of sp³-hybridized carbons (Fsp3) is 0.364. The van der Waals surface area contributed by atoms with E-state index >= 15 is 0 Å².